The maximum absolute atomic E-state index is 12.6. The lowest BCUT2D eigenvalue weighted by Gasteiger charge is -1.99. The number of aromatic nitrogens is 3. The predicted molar refractivity (Wildman–Crippen MR) is 54.1 cm³/mol. The van der Waals surface area contributed by atoms with E-state index in [2.05, 4.69) is 26.0 Å². The van der Waals surface area contributed by atoms with Gasteiger partial charge in [-0.15, -0.1) is 0 Å². The number of rotatable bonds is 1. The molecule has 0 atom stereocenters. The number of aryl methyl sites for hydroxylation is 1. The van der Waals surface area contributed by atoms with Crippen molar-refractivity contribution >= 4 is 15.9 Å². The van der Waals surface area contributed by atoms with Crippen LogP contribution in [0.4, 0.5) is 4.39 Å². The van der Waals surface area contributed by atoms with Crippen LogP contribution in [-0.2, 0) is 7.05 Å². The molecule has 0 aromatic carbocycles. The zero-order valence-corrected chi connectivity index (χ0v) is 8.99. The van der Waals surface area contributed by atoms with Gasteiger partial charge in [0.05, 0.1) is 17.6 Å². The molecule has 0 aliphatic carbocycles. The molecular weight excluding hydrogens is 249 g/mol. The molecule has 2 aromatic heterocycles. The van der Waals surface area contributed by atoms with Crippen molar-refractivity contribution in [2.24, 2.45) is 7.05 Å². The third kappa shape index (κ3) is 1.68. The molecule has 0 radical (unpaired) electrons. The summed E-state index contributed by atoms with van der Waals surface area (Å²) >= 11 is 3.26. The van der Waals surface area contributed by atoms with Crippen molar-refractivity contribution in [3.05, 3.63) is 34.8 Å². The first kappa shape index (κ1) is 9.33. The van der Waals surface area contributed by atoms with Gasteiger partial charge in [0.15, 0.2) is 0 Å². The number of nitrogens with zero attached hydrogens (tertiary/aromatic N) is 3. The molecule has 0 amide bonds. The van der Waals surface area contributed by atoms with Crippen LogP contribution in [0, 0.1) is 5.82 Å². The van der Waals surface area contributed by atoms with E-state index < -0.39 is 0 Å². The van der Waals surface area contributed by atoms with Gasteiger partial charge in [0.25, 0.3) is 0 Å². The molecule has 2 rings (SSSR count). The lowest BCUT2D eigenvalue weighted by molar-refractivity contribution is 0.621. The SMILES string of the molecule is Cn1nc(Br)cc1-c1ccc(F)cn1. The number of hydrogen-bond donors (Lipinski definition) is 0. The van der Waals surface area contributed by atoms with E-state index in [-0.39, 0.29) is 5.82 Å². The fourth-order valence-electron chi connectivity index (χ4n) is 1.20. The van der Waals surface area contributed by atoms with Gasteiger partial charge in [0, 0.05) is 13.1 Å². The summed E-state index contributed by atoms with van der Waals surface area (Å²) in [5.74, 6) is -0.338. The summed E-state index contributed by atoms with van der Waals surface area (Å²) in [7, 11) is 1.81. The highest BCUT2D eigenvalue weighted by atomic mass is 79.9. The van der Waals surface area contributed by atoms with Crippen molar-refractivity contribution in [2.75, 3.05) is 0 Å². The normalized spacial score (nSPS) is 10.5. The summed E-state index contributed by atoms with van der Waals surface area (Å²) in [6.07, 6.45) is 1.19. The molecule has 0 aliphatic heterocycles. The Hall–Kier alpha value is -1.23. The Kier molecular flexibility index (Phi) is 2.33. The van der Waals surface area contributed by atoms with E-state index in [1.54, 1.807) is 10.7 Å². The summed E-state index contributed by atoms with van der Waals surface area (Å²) in [6.45, 7) is 0. The quantitative estimate of drug-likeness (QED) is 0.784. The fraction of sp³-hybridized carbons (Fsp3) is 0.111. The third-order valence-electron chi connectivity index (χ3n) is 1.84. The van der Waals surface area contributed by atoms with Gasteiger partial charge in [0.1, 0.15) is 10.4 Å². The van der Waals surface area contributed by atoms with Crippen molar-refractivity contribution in [3.63, 3.8) is 0 Å². The molecule has 0 spiro atoms. The minimum Gasteiger partial charge on any atom is -0.265 e. The van der Waals surface area contributed by atoms with Crippen molar-refractivity contribution < 1.29 is 4.39 Å². The lowest BCUT2D eigenvalue weighted by atomic mass is 10.3. The third-order valence-corrected chi connectivity index (χ3v) is 2.23. The molecule has 2 aromatic rings. The first-order valence-electron chi connectivity index (χ1n) is 3.98. The monoisotopic (exact) mass is 255 g/mol. The lowest BCUT2D eigenvalue weighted by Crippen LogP contribution is -1.95. The van der Waals surface area contributed by atoms with Crippen LogP contribution in [0.5, 0.6) is 0 Å². The van der Waals surface area contributed by atoms with E-state index in [9.17, 15) is 4.39 Å². The summed E-state index contributed by atoms with van der Waals surface area (Å²) in [5.41, 5.74) is 1.55. The predicted octanol–water partition coefficient (Wildman–Crippen LogP) is 2.38. The van der Waals surface area contributed by atoms with Crippen LogP contribution in [0.2, 0.25) is 0 Å². The zero-order valence-electron chi connectivity index (χ0n) is 7.41. The van der Waals surface area contributed by atoms with E-state index in [1.165, 1.54) is 12.3 Å². The summed E-state index contributed by atoms with van der Waals surface area (Å²) in [4.78, 5) is 3.97. The van der Waals surface area contributed by atoms with Gasteiger partial charge < -0.3 is 0 Å². The average molecular weight is 256 g/mol. The molecule has 0 unspecified atom stereocenters. The standard InChI is InChI=1S/C9H7BrFN3/c1-14-8(4-9(10)13-14)7-3-2-6(11)5-12-7/h2-5H,1H3. The Morgan fingerprint density at radius 2 is 2.21 bits per heavy atom. The van der Waals surface area contributed by atoms with Crippen LogP contribution in [0.25, 0.3) is 11.4 Å². The largest absolute Gasteiger partial charge is 0.265 e. The van der Waals surface area contributed by atoms with Gasteiger partial charge in [-0.3, -0.25) is 9.67 Å². The topological polar surface area (TPSA) is 30.7 Å². The molecule has 0 fully saturated rings. The van der Waals surface area contributed by atoms with Gasteiger partial charge >= 0.3 is 0 Å². The van der Waals surface area contributed by atoms with Crippen LogP contribution in [0.1, 0.15) is 0 Å². The van der Waals surface area contributed by atoms with Gasteiger partial charge in [-0.2, -0.15) is 5.10 Å². The second kappa shape index (κ2) is 3.49. The van der Waals surface area contributed by atoms with Crippen molar-refractivity contribution in [1.82, 2.24) is 14.8 Å². The van der Waals surface area contributed by atoms with Crippen LogP contribution < -0.4 is 0 Å². The van der Waals surface area contributed by atoms with Gasteiger partial charge in [-0.05, 0) is 28.1 Å². The smallest absolute Gasteiger partial charge is 0.141 e. The summed E-state index contributed by atoms with van der Waals surface area (Å²) in [6, 6.07) is 4.84. The molecule has 0 N–H and O–H groups in total. The first-order valence-corrected chi connectivity index (χ1v) is 4.77. The summed E-state index contributed by atoms with van der Waals surface area (Å²) in [5, 5.41) is 4.11. The second-order valence-corrected chi connectivity index (χ2v) is 3.65. The maximum Gasteiger partial charge on any atom is 0.141 e. The molecule has 5 heteroatoms. The van der Waals surface area contributed by atoms with Gasteiger partial charge in [-0.1, -0.05) is 0 Å². The number of hydrogen-bond acceptors (Lipinski definition) is 2. The first-order chi connectivity index (χ1) is 6.66. The van der Waals surface area contributed by atoms with Gasteiger partial charge in [0.2, 0.25) is 0 Å². The summed E-state index contributed by atoms with van der Waals surface area (Å²) < 4.78 is 15.0. The molecular formula is C9H7BrFN3. The molecule has 3 nitrogen and oxygen atoms in total. The van der Waals surface area contributed by atoms with E-state index in [1.807, 2.05) is 13.1 Å². The van der Waals surface area contributed by atoms with Crippen LogP contribution in [-0.4, -0.2) is 14.8 Å². The van der Waals surface area contributed by atoms with Crippen molar-refractivity contribution in [3.8, 4) is 11.4 Å². The van der Waals surface area contributed by atoms with E-state index in [0.717, 1.165) is 10.3 Å². The zero-order chi connectivity index (χ0) is 10.1. The van der Waals surface area contributed by atoms with Gasteiger partial charge in [-0.25, -0.2) is 4.39 Å². The Labute approximate surface area is 88.7 Å². The molecule has 14 heavy (non-hydrogen) atoms. The molecule has 72 valence electrons. The number of pyridine rings is 1. The van der Waals surface area contributed by atoms with Crippen molar-refractivity contribution in [1.29, 1.82) is 0 Å². The Morgan fingerprint density at radius 1 is 1.43 bits per heavy atom. The minimum absolute atomic E-state index is 0.338. The second-order valence-electron chi connectivity index (χ2n) is 2.84. The molecule has 0 saturated heterocycles. The number of halogens is 2. The van der Waals surface area contributed by atoms with Crippen LogP contribution in [0.3, 0.4) is 0 Å². The van der Waals surface area contributed by atoms with E-state index in [4.69, 9.17) is 0 Å². The highest BCUT2D eigenvalue weighted by molar-refractivity contribution is 9.10. The fourth-order valence-corrected chi connectivity index (χ4v) is 1.65. The Bertz CT molecular complexity index is 450. The highest BCUT2D eigenvalue weighted by Crippen LogP contribution is 2.19. The van der Waals surface area contributed by atoms with Crippen LogP contribution in [0.15, 0.2) is 29.0 Å². The maximum atomic E-state index is 12.6. The minimum atomic E-state index is -0.338. The molecule has 0 bridgehead atoms. The Morgan fingerprint density at radius 3 is 2.71 bits per heavy atom. The van der Waals surface area contributed by atoms with E-state index in [0.29, 0.717) is 5.69 Å². The average Bonchev–Trinajstić information content (AvgIpc) is 2.47. The molecule has 0 saturated carbocycles. The highest BCUT2D eigenvalue weighted by Gasteiger charge is 2.06. The molecule has 0 aliphatic rings. The van der Waals surface area contributed by atoms with Crippen LogP contribution >= 0.6 is 15.9 Å². The van der Waals surface area contributed by atoms with Crippen molar-refractivity contribution in [2.45, 2.75) is 0 Å². The Balaban J connectivity index is 2.49. The van der Waals surface area contributed by atoms with E-state index >= 15 is 0 Å². The molecule has 2 heterocycles.